The van der Waals surface area contributed by atoms with Crippen LogP contribution in [0.1, 0.15) is 5.56 Å². The molecular weight excluding hydrogens is 258 g/mol. The number of hydrogen-bond acceptors (Lipinski definition) is 4. The number of aliphatic hydroxyl groups is 1. The monoisotopic (exact) mass is 269 g/mol. The fourth-order valence-corrected chi connectivity index (χ4v) is 1.58. The molecule has 0 bridgehead atoms. The molecule has 0 heterocycles. The summed E-state index contributed by atoms with van der Waals surface area (Å²) in [7, 11) is 0. The lowest BCUT2D eigenvalue weighted by Gasteiger charge is -2.05. The van der Waals surface area contributed by atoms with Crippen molar-refractivity contribution in [2.45, 2.75) is 0 Å². The summed E-state index contributed by atoms with van der Waals surface area (Å²) in [4.78, 5) is 10.2. The Morgan fingerprint density at radius 1 is 1.15 bits per heavy atom. The highest BCUT2D eigenvalue weighted by Crippen LogP contribution is 2.25. The first-order valence-corrected chi connectivity index (χ1v) is 5.81. The smallest absolute Gasteiger partial charge is 0.273 e. The van der Waals surface area contributed by atoms with E-state index >= 15 is 0 Å². The lowest BCUT2D eigenvalue weighted by molar-refractivity contribution is -0.384. The average molecular weight is 269 g/mol. The second kappa shape index (κ2) is 6.36. The molecule has 0 aromatic heterocycles. The minimum atomic E-state index is -0.476. The van der Waals surface area contributed by atoms with Crippen LogP contribution in [0, 0.1) is 22.0 Å². The Kier molecular flexibility index (Phi) is 4.32. The molecule has 5 heteroatoms. The van der Waals surface area contributed by atoms with Crippen molar-refractivity contribution in [3.63, 3.8) is 0 Å². The highest BCUT2D eigenvalue weighted by Gasteiger charge is 2.07. The van der Waals surface area contributed by atoms with Crippen molar-refractivity contribution < 1.29 is 14.8 Å². The molecule has 0 fully saturated rings. The lowest BCUT2D eigenvalue weighted by atomic mass is 10.2. The Hall–Kier alpha value is -2.84. The quantitative estimate of drug-likeness (QED) is 0.528. The third-order valence-electron chi connectivity index (χ3n) is 2.41. The fourth-order valence-electron chi connectivity index (χ4n) is 1.58. The van der Waals surface area contributed by atoms with Crippen molar-refractivity contribution in [2.75, 3.05) is 6.61 Å². The van der Waals surface area contributed by atoms with Gasteiger partial charge in [-0.15, -0.1) is 0 Å². The molecular formula is C15H11NO4. The molecule has 2 aromatic carbocycles. The molecule has 5 nitrogen and oxygen atoms in total. The molecule has 100 valence electrons. The van der Waals surface area contributed by atoms with Gasteiger partial charge < -0.3 is 9.84 Å². The summed E-state index contributed by atoms with van der Waals surface area (Å²) in [5, 5.41) is 19.3. The van der Waals surface area contributed by atoms with Gasteiger partial charge in [-0.2, -0.15) is 0 Å². The molecule has 0 amide bonds. The van der Waals surface area contributed by atoms with Crippen LogP contribution in [0.2, 0.25) is 0 Å². The number of hydrogen-bond donors (Lipinski definition) is 1. The zero-order valence-corrected chi connectivity index (χ0v) is 10.4. The number of aliphatic hydroxyl groups excluding tert-OH is 1. The predicted octanol–water partition coefficient (Wildman–Crippen LogP) is 2.73. The van der Waals surface area contributed by atoms with Crippen molar-refractivity contribution >= 4 is 5.69 Å². The van der Waals surface area contributed by atoms with E-state index in [1.165, 1.54) is 12.1 Å². The number of nitro benzene ring substituents is 1. The van der Waals surface area contributed by atoms with Crippen LogP contribution in [-0.2, 0) is 0 Å². The van der Waals surface area contributed by atoms with Gasteiger partial charge in [0.25, 0.3) is 5.69 Å². The third-order valence-corrected chi connectivity index (χ3v) is 2.41. The van der Waals surface area contributed by atoms with E-state index in [1.807, 2.05) is 0 Å². The van der Waals surface area contributed by atoms with Crippen LogP contribution in [0.15, 0.2) is 48.5 Å². The van der Waals surface area contributed by atoms with Crippen molar-refractivity contribution in [3.8, 4) is 23.3 Å². The van der Waals surface area contributed by atoms with E-state index in [9.17, 15) is 10.1 Å². The molecule has 0 radical (unpaired) electrons. The zero-order chi connectivity index (χ0) is 14.4. The number of non-ortho nitro benzene ring substituents is 1. The van der Waals surface area contributed by atoms with Crippen LogP contribution in [0.3, 0.4) is 0 Å². The number of benzene rings is 2. The second-order valence-electron chi connectivity index (χ2n) is 3.84. The van der Waals surface area contributed by atoms with Gasteiger partial charge in [0.05, 0.1) is 11.0 Å². The normalized spacial score (nSPS) is 9.45. The van der Waals surface area contributed by atoms with Crippen molar-refractivity contribution in [2.24, 2.45) is 0 Å². The standard InChI is InChI=1S/C15H11NO4/c17-9-3-5-12-4-1-7-14(10-12)20-15-8-2-6-13(11-15)16(18)19/h1-2,4,6-8,10-11,17H,9H2. The molecule has 0 saturated carbocycles. The minimum absolute atomic E-state index is 0.0290. The van der Waals surface area contributed by atoms with Crippen molar-refractivity contribution in [3.05, 3.63) is 64.2 Å². The summed E-state index contributed by atoms with van der Waals surface area (Å²) >= 11 is 0. The van der Waals surface area contributed by atoms with E-state index in [1.54, 1.807) is 36.4 Å². The van der Waals surface area contributed by atoms with Gasteiger partial charge in [-0.05, 0) is 24.3 Å². The summed E-state index contributed by atoms with van der Waals surface area (Å²) in [6.07, 6.45) is 0. The van der Waals surface area contributed by atoms with E-state index in [-0.39, 0.29) is 12.3 Å². The average Bonchev–Trinajstić information content (AvgIpc) is 2.46. The molecule has 2 rings (SSSR count). The first-order valence-electron chi connectivity index (χ1n) is 5.81. The number of ether oxygens (including phenoxy) is 1. The van der Waals surface area contributed by atoms with Gasteiger partial charge in [-0.1, -0.05) is 24.0 Å². The Morgan fingerprint density at radius 2 is 1.85 bits per heavy atom. The molecule has 20 heavy (non-hydrogen) atoms. The highest BCUT2D eigenvalue weighted by atomic mass is 16.6. The predicted molar refractivity (Wildman–Crippen MR) is 73.6 cm³/mol. The largest absolute Gasteiger partial charge is 0.457 e. The van der Waals surface area contributed by atoms with E-state index in [2.05, 4.69) is 11.8 Å². The van der Waals surface area contributed by atoms with Crippen LogP contribution >= 0.6 is 0 Å². The number of nitrogens with zero attached hydrogens (tertiary/aromatic N) is 1. The molecule has 1 N–H and O–H groups in total. The summed E-state index contributed by atoms with van der Waals surface area (Å²) in [6.45, 7) is -0.212. The summed E-state index contributed by atoms with van der Waals surface area (Å²) in [5.41, 5.74) is 0.667. The topological polar surface area (TPSA) is 72.6 Å². The second-order valence-corrected chi connectivity index (χ2v) is 3.84. The maximum atomic E-state index is 10.7. The van der Waals surface area contributed by atoms with E-state index in [0.29, 0.717) is 17.1 Å². The zero-order valence-electron chi connectivity index (χ0n) is 10.4. The van der Waals surface area contributed by atoms with Crippen molar-refractivity contribution in [1.82, 2.24) is 0 Å². The van der Waals surface area contributed by atoms with Crippen LogP contribution in [0.5, 0.6) is 11.5 Å². The van der Waals surface area contributed by atoms with Gasteiger partial charge in [-0.25, -0.2) is 0 Å². The first kappa shape index (κ1) is 13.6. The molecule has 0 aliphatic rings. The SMILES string of the molecule is O=[N+]([O-])c1cccc(Oc2cccc(C#CCO)c2)c1. The lowest BCUT2D eigenvalue weighted by Crippen LogP contribution is -1.89. The molecule has 0 unspecified atom stereocenters. The van der Waals surface area contributed by atoms with Gasteiger partial charge in [-0.3, -0.25) is 10.1 Å². The minimum Gasteiger partial charge on any atom is -0.457 e. The van der Waals surface area contributed by atoms with Gasteiger partial charge in [0.2, 0.25) is 0 Å². The summed E-state index contributed by atoms with van der Waals surface area (Å²) in [6, 6.07) is 12.9. The molecule has 0 saturated heterocycles. The Bertz CT molecular complexity index is 686. The Balaban J connectivity index is 2.21. The molecule has 0 atom stereocenters. The third kappa shape index (κ3) is 3.57. The van der Waals surface area contributed by atoms with E-state index in [4.69, 9.17) is 9.84 Å². The number of rotatable bonds is 3. The van der Waals surface area contributed by atoms with Gasteiger partial charge >= 0.3 is 0 Å². The molecule has 2 aromatic rings. The van der Waals surface area contributed by atoms with Crippen molar-refractivity contribution in [1.29, 1.82) is 0 Å². The van der Waals surface area contributed by atoms with Crippen LogP contribution < -0.4 is 4.74 Å². The van der Waals surface area contributed by atoms with E-state index < -0.39 is 4.92 Å². The molecule has 0 aliphatic heterocycles. The summed E-state index contributed by atoms with van der Waals surface area (Å²) < 4.78 is 5.56. The number of nitro groups is 1. The first-order chi connectivity index (χ1) is 9.69. The van der Waals surface area contributed by atoms with Gasteiger partial charge in [0, 0.05) is 11.6 Å². The van der Waals surface area contributed by atoms with Crippen LogP contribution in [0.4, 0.5) is 5.69 Å². The Labute approximate surface area is 115 Å². The summed E-state index contributed by atoms with van der Waals surface area (Å²) in [5.74, 6) is 6.21. The molecule has 0 aliphatic carbocycles. The van der Waals surface area contributed by atoms with Crippen LogP contribution in [0.25, 0.3) is 0 Å². The van der Waals surface area contributed by atoms with Crippen LogP contribution in [-0.4, -0.2) is 16.6 Å². The Morgan fingerprint density at radius 3 is 2.55 bits per heavy atom. The van der Waals surface area contributed by atoms with Gasteiger partial charge in [0.15, 0.2) is 0 Å². The maximum Gasteiger partial charge on any atom is 0.273 e. The van der Waals surface area contributed by atoms with Gasteiger partial charge in [0.1, 0.15) is 18.1 Å². The van der Waals surface area contributed by atoms with E-state index in [0.717, 1.165) is 0 Å². The molecule has 0 spiro atoms. The highest BCUT2D eigenvalue weighted by molar-refractivity contribution is 5.44. The fraction of sp³-hybridized carbons (Fsp3) is 0.0667. The maximum absolute atomic E-state index is 10.7.